The summed E-state index contributed by atoms with van der Waals surface area (Å²) in [6, 6.07) is 15.4. The minimum absolute atomic E-state index is 0. The van der Waals surface area contributed by atoms with E-state index in [4.69, 9.17) is 5.73 Å². The predicted molar refractivity (Wildman–Crippen MR) is 106 cm³/mol. The minimum atomic E-state index is -0.158. The van der Waals surface area contributed by atoms with Crippen molar-refractivity contribution in [2.75, 3.05) is 18.4 Å². The molecule has 7 heteroatoms. The topological polar surface area (TPSA) is 97.1 Å². The molecule has 0 aliphatic carbocycles. The van der Waals surface area contributed by atoms with E-state index < -0.39 is 0 Å². The number of aromatic nitrogens is 1. The number of fused-ring (bicyclic) bond motifs is 2. The van der Waals surface area contributed by atoms with E-state index >= 15 is 0 Å². The Hall–Kier alpha value is -2.70. The van der Waals surface area contributed by atoms with E-state index in [-0.39, 0.29) is 43.6 Å². The molecular formula is C19H21ClN4O2. The average Bonchev–Trinajstić information content (AvgIpc) is 2.62. The number of amides is 2. The van der Waals surface area contributed by atoms with Crippen molar-refractivity contribution in [1.29, 1.82) is 0 Å². The van der Waals surface area contributed by atoms with E-state index in [0.29, 0.717) is 6.54 Å². The fraction of sp³-hybridized carbons (Fsp3) is 0.211. The Labute approximate surface area is 157 Å². The lowest BCUT2D eigenvalue weighted by Crippen LogP contribution is -2.29. The molecule has 2 amide bonds. The SMILES string of the molecule is Cl.NCCC(=O)NCCC(=O)Nc1c2ccccc2nc2ccccc12. The maximum atomic E-state index is 12.3. The van der Waals surface area contributed by atoms with Crippen LogP contribution in [-0.2, 0) is 9.59 Å². The lowest BCUT2D eigenvalue weighted by molar-refractivity contribution is -0.121. The van der Waals surface area contributed by atoms with Crippen LogP contribution in [0.1, 0.15) is 12.8 Å². The summed E-state index contributed by atoms with van der Waals surface area (Å²) in [5.74, 6) is -0.301. The molecule has 1 aromatic heterocycles. The fourth-order valence-corrected chi connectivity index (χ4v) is 2.71. The van der Waals surface area contributed by atoms with Gasteiger partial charge in [0.25, 0.3) is 0 Å². The Balaban J connectivity index is 0.00000243. The highest BCUT2D eigenvalue weighted by Crippen LogP contribution is 2.30. The zero-order valence-electron chi connectivity index (χ0n) is 14.2. The standard InChI is InChI=1S/C19H20N4O2.ClH/c20-11-9-17(24)21-12-10-18(25)23-19-13-5-1-3-7-15(13)22-16-8-4-2-6-14(16)19;/h1-8H,9-12,20H2,(H,21,24)(H,22,23,25);1H. The first-order chi connectivity index (χ1) is 12.2. The van der Waals surface area contributed by atoms with E-state index in [2.05, 4.69) is 15.6 Å². The summed E-state index contributed by atoms with van der Waals surface area (Å²) in [4.78, 5) is 28.4. The third-order valence-electron chi connectivity index (χ3n) is 3.90. The smallest absolute Gasteiger partial charge is 0.226 e. The molecule has 0 aliphatic rings. The van der Waals surface area contributed by atoms with E-state index in [1.807, 2.05) is 48.5 Å². The predicted octanol–water partition coefficient (Wildman–Crippen LogP) is 2.60. The summed E-state index contributed by atoms with van der Waals surface area (Å²) in [6.45, 7) is 0.582. The number of para-hydroxylation sites is 2. The van der Waals surface area contributed by atoms with Gasteiger partial charge in [-0.3, -0.25) is 9.59 Å². The molecule has 3 rings (SSSR count). The van der Waals surface area contributed by atoms with Gasteiger partial charge in [0.2, 0.25) is 11.8 Å². The number of pyridine rings is 1. The summed E-state index contributed by atoms with van der Waals surface area (Å²) >= 11 is 0. The van der Waals surface area contributed by atoms with Crippen molar-refractivity contribution in [2.45, 2.75) is 12.8 Å². The molecule has 2 aromatic carbocycles. The zero-order valence-corrected chi connectivity index (χ0v) is 15.0. The molecule has 4 N–H and O–H groups in total. The Bertz CT molecular complexity index is 876. The summed E-state index contributed by atoms with van der Waals surface area (Å²) in [5.41, 5.74) is 7.73. The number of hydrogen-bond acceptors (Lipinski definition) is 4. The molecule has 6 nitrogen and oxygen atoms in total. The maximum absolute atomic E-state index is 12.3. The van der Waals surface area contributed by atoms with Crippen LogP contribution in [0.15, 0.2) is 48.5 Å². The van der Waals surface area contributed by atoms with Crippen LogP contribution in [0.4, 0.5) is 5.69 Å². The molecule has 0 fully saturated rings. The summed E-state index contributed by atoms with van der Waals surface area (Å²) in [5, 5.41) is 7.44. The second-order valence-electron chi connectivity index (χ2n) is 5.71. The molecule has 3 aromatic rings. The van der Waals surface area contributed by atoms with Crippen LogP contribution in [0.5, 0.6) is 0 Å². The monoisotopic (exact) mass is 372 g/mol. The molecule has 136 valence electrons. The molecule has 0 saturated carbocycles. The number of halogens is 1. The van der Waals surface area contributed by atoms with Crippen LogP contribution in [0, 0.1) is 0 Å². The number of nitrogens with one attached hydrogen (secondary N) is 2. The van der Waals surface area contributed by atoms with Gasteiger partial charge in [0.05, 0.1) is 16.7 Å². The minimum Gasteiger partial charge on any atom is -0.356 e. The van der Waals surface area contributed by atoms with Crippen LogP contribution in [0.3, 0.4) is 0 Å². The van der Waals surface area contributed by atoms with Crippen molar-refractivity contribution in [2.24, 2.45) is 5.73 Å². The Morgan fingerprint density at radius 2 is 1.46 bits per heavy atom. The van der Waals surface area contributed by atoms with Crippen molar-refractivity contribution < 1.29 is 9.59 Å². The first-order valence-corrected chi connectivity index (χ1v) is 8.23. The first kappa shape index (κ1) is 19.6. The van der Waals surface area contributed by atoms with Crippen molar-refractivity contribution in [3.8, 4) is 0 Å². The van der Waals surface area contributed by atoms with Crippen molar-refractivity contribution in [3.63, 3.8) is 0 Å². The molecule has 0 spiro atoms. The third kappa shape index (κ3) is 4.47. The summed E-state index contributed by atoms with van der Waals surface area (Å²) < 4.78 is 0. The highest BCUT2D eigenvalue weighted by Gasteiger charge is 2.11. The molecule has 0 aliphatic heterocycles. The van der Waals surface area contributed by atoms with Gasteiger partial charge in [0.1, 0.15) is 0 Å². The van der Waals surface area contributed by atoms with E-state index in [0.717, 1.165) is 27.5 Å². The summed E-state index contributed by atoms with van der Waals surface area (Å²) in [7, 11) is 0. The van der Waals surface area contributed by atoms with Gasteiger partial charge in [-0.1, -0.05) is 36.4 Å². The number of carbonyl (C=O) groups excluding carboxylic acids is 2. The molecule has 0 unspecified atom stereocenters. The maximum Gasteiger partial charge on any atom is 0.226 e. The second kappa shape index (κ2) is 9.12. The number of rotatable bonds is 6. The van der Waals surface area contributed by atoms with Crippen molar-refractivity contribution in [1.82, 2.24) is 10.3 Å². The number of carbonyl (C=O) groups is 2. The lowest BCUT2D eigenvalue weighted by atomic mass is 10.1. The molecule has 0 saturated heterocycles. The molecular weight excluding hydrogens is 352 g/mol. The fourth-order valence-electron chi connectivity index (χ4n) is 2.71. The number of anilines is 1. The Morgan fingerprint density at radius 1 is 0.885 bits per heavy atom. The molecule has 0 radical (unpaired) electrons. The molecule has 0 bridgehead atoms. The van der Waals surface area contributed by atoms with Gasteiger partial charge < -0.3 is 16.4 Å². The molecule has 1 heterocycles. The number of benzene rings is 2. The zero-order chi connectivity index (χ0) is 17.6. The van der Waals surface area contributed by atoms with Crippen LogP contribution >= 0.6 is 12.4 Å². The van der Waals surface area contributed by atoms with Gasteiger partial charge in [-0.2, -0.15) is 0 Å². The Kier molecular flexibility index (Phi) is 6.89. The molecule has 26 heavy (non-hydrogen) atoms. The Morgan fingerprint density at radius 3 is 2.04 bits per heavy atom. The number of nitrogens with zero attached hydrogens (tertiary/aromatic N) is 1. The van der Waals surface area contributed by atoms with Gasteiger partial charge in [0.15, 0.2) is 0 Å². The van der Waals surface area contributed by atoms with Gasteiger partial charge in [-0.25, -0.2) is 4.98 Å². The quantitative estimate of drug-likeness (QED) is 0.579. The average molecular weight is 373 g/mol. The second-order valence-corrected chi connectivity index (χ2v) is 5.71. The normalized spacial score (nSPS) is 10.3. The van der Waals surface area contributed by atoms with Crippen LogP contribution in [0.25, 0.3) is 21.8 Å². The van der Waals surface area contributed by atoms with Gasteiger partial charge >= 0.3 is 0 Å². The van der Waals surface area contributed by atoms with Crippen molar-refractivity contribution in [3.05, 3.63) is 48.5 Å². The highest BCUT2D eigenvalue weighted by atomic mass is 35.5. The largest absolute Gasteiger partial charge is 0.356 e. The van der Waals surface area contributed by atoms with Crippen LogP contribution in [0.2, 0.25) is 0 Å². The lowest BCUT2D eigenvalue weighted by Gasteiger charge is -2.12. The highest BCUT2D eigenvalue weighted by molar-refractivity contribution is 6.12. The summed E-state index contributed by atoms with van der Waals surface area (Å²) in [6.07, 6.45) is 0.461. The van der Waals surface area contributed by atoms with Crippen LogP contribution < -0.4 is 16.4 Å². The van der Waals surface area contributed by atoms with E-state index in [9.17, 15) is 9.59 Å². The third-order valence-corrected chi connectivity index (χ3v) is 3.90. The van der Waals surface area contributed by atoms with Gasteiger partial charge in [-0.15, -0.1) is 12.4 Å². The van der Waals surface area contributed by atoms with Gasteiger partial charge in [0, 0.05) is 36.7 Å². The van der Waals surface area contributed by atoms with Crippen LogP contribution in [-0.4, -0.2) is 29.9 Å². The number of nitrogens with two attached hydrogens (primary N) is 1. The number of hydrogen-bond donors (Lipinski definition) is 3. The first-order valence-electron chi connectivity index (χ1n) is 8.23. The van der Waals surface area contributed by atoms with E-state index in [1.54, 1.807) is 0 Å². The van der Waals surface area contributed by atoms with Crippen molar-refractivity contribution >= 4 is 51.7 Å². The van der Waals surface area contributed by atoms with Gasteiger partial charge in [-0.05, 0) is 12.1 Å². The van der Waals surface area contributed by atoms with E-state index in [1.165, 1.54) is 0 Å². The molecule has 0 atom stereocenters.